The van der Waals surface area contributed by atoms with Gasteiger partial charge in [0.2, 0.25) is 0 Å². The lowest BCUT2D eigenvalue weighted by molar-refractivity contribution is 0.483. The normalized spacial score (nSPS) is 12.6. The van der Waals surface area contributed by atoms with E-state index in [1.54, 1.807) is 26.0 Å². The van der Waals surface area contributed by atoms with E-state index in [9.17, 15) is 21.4 Å². The largest absolute Gasteiger partial charge is 0.399 e. The molecule has 0 aliphatic rings. The molecule has 0 fully saturated rings. The number of nitrogen functional groups attached to an aromatic ring is 1. The van der Waals surface area contributed by atoms with Gasteiger partial charge in [-0.3, -0.25) is 4.55 Å². The maximum absolute atomic E-state index is 11.9. The Morgan fingerprint density at radius 2 is 1.58 bits per heavy atom. The van der Waals surface area contributed by atoms with Gasteiger partial charge in [0.1, 0.15) is 10.6 Å². The molecule has 0 unspecified atom stereocenters. The molecule has 2 aromatic carbocycles. The second kappa shape index (κ2) is 7.14. The Balaban J connectivity index is 2.58. The minimum absolute atomic E-state index is 0.170. The minimum atomic E-state index is -4.69. The number of nitrogens with zero attached hydrogens (tertiary/aromatic N) is 2. The molecule has 0 bridgehead atoms. The summed E-state index contributed by atoms with van der Waals surface area (Å²) in [6.07, 6.45) is 0. The fourth-order valence-electron chi connectivity index (χ4n) is 2.18. The number of azo groups is 1. The highest BCUT2D eigenvalue weighted by atomic mass is 32.2. The summed E-state index contributed by atoms with van der Waals surface area (Å²) in [4.78, 5) is -0.841. The molecule has 0 aliphatic carbocycles. The molecule has 2 aromatic rings. The van der Waals surface area contributed by atoms with Crippen LogP contribution >= 0.6 is 0 Å². The molecule has 0 amide bonds. The molecule has 10 heteroatoms. The zero-order chi connectivity index (χ0) is 19.7. The summed E-state index contributed by atoms with van der Waals surface area (Å²) < 4.78 is 56.6. The molecule has 8 nitrogen and oxygen atoms in total. The van der Waals surface area contributed by atoms with Gasteiger partial charge in [0.25, 0.3) is 10.1 Å². The van der Waals surface area contributed by atoms with Gasteiger partial charge in [-0.15, -0.1) is 5.11 Å². The Labute approximate surface area is 152 Å². The van der Waals surface area contributed by atoms with E-state index in [1.807, 2.05) is 0 Å². The fraction of sp³-hybridized carbons (Fsp3) is 0.250. The van der Waals surface area contributed by atoms with Crippen molar-refractivity contribution in [2.24, 2.45) is 10.2 Å². The Kier molecular flexibility index (Phi) is 5.49. The first-order chi connectivity index (χ1) is 12.0. The highest BCUT2D eigenvalue weighted by molar-refractivity contribution is 7.91. The molecule has 3 N–H and O–H groups in total. The standard InChI is InChI=1S/C16H19N3O5S2/c1-4-25(20,21)12-5-6-14(16(9-12)26(22,23)24)18-19-15-8-10(2)13(17)7-11(15)3/h5-9H,4,17H2,1-3H3,(H,22,23,24). The number of hydrogen-bond donors (Lipinski definition) is 2. The first-order valence-corrected chi connectivity index (χ1v) is 10.7. The van der Waals surface area contributed by atoms with Crippen LogP contribution in [0.4, 0.5) is 17.1 Å². The first-order valence-electron chi connectivity index (χ1n) is 7.58. The molecular formula is C16H19N3O5S2. The summed E-state index contributed by atoms with van der Waals surface area (Å²) in [5, 5.41) is 7.88. The first kappa shape index (κ1) is 20.0. The molecule has 0 heterocycles. The maximum atomic E-state index is 11.9. The molecular weight excluding hydrogens is 378 g/mol. The summed E-state index contributed by atoms with van der Waals surface area (Å²) >= 11 is 0. The van der Waals surface area contributed by atoms with E-state index in [2.05, 4.69) is 10.2 Å². The zero-order valence-corrected chi connectivity index (χ0v) is 16.1. The highest BCUT2D eigenvalue weighted by Gasteiger charge is 2.21. The number of nitrogens with two attached hydrogens (primary N) is 1. The van der Waals surface area contributed by atoms with Gasteiger partial charge in [0.15, 0.2) is 9.84 Å². The van der Waals surface area contributed by atoms with Crippen molar-refractivity contribution in [1.29, 1.82) is 0 Å². The number of aryl methyl sites for hydroxylation is 2. The van der Waals surface area contributed by atoms with E-state index >= 15 is 0 Å². The van der Waals surface area contributed by atoms with Crippen LogP contribution in [-0.2, 0) is 20.0 Å². The van der Waals surface area contributed by atoms with E-state index in [1.165, 1.54) is 19.1 Å². The SMILES string of the molecule is CCS(=O)(=O)c1ccc(N=Nc2cc(C)c(N)cc2C)c(S(=O)(=O)O)c1. The number of hydrogen-bond acceptors (Lipinski definition) is 7. The number of benzene rings is 2. The van der Waals surface area contributed by atoms with Crippen LogP contribution in [0.1, 0.15) is 18.1 Å². The van der Waals surface area contributed by atoms with Crippen molar-refractivity contribution >= 4 is 37.0 Å². The smallest absolute Gasteiger partial charge is 0.296 e. The molecule has 0 aliphatic heterocycles. The molecule has 0 aromatic heterocycles. The van der Waals surface area contributed by atoms with E-state index in [4.69, 9.17) is 5.73 Å². The van der Waals surface area contributed by atoms with Crippen LogP contribution in [0.15, 0.2) is 50.4 Å². The molecule has 140 valence electrons. The van der Waals surface area contributed by atoms with E-state index in [-0.39, 0.29) is 16.3 Å². The van der Waals surface area contributed by atoms with Gasteiger partial charge in [-0.05, 0) is 55.3 Å². The summed E-state index contributed by atoms with van der Waals surface area (Å²) in [7, 11) is -8.34. The average Bonchev–Trinajstić information content (AvgIpc) is 2.56. The van der Waals surface area contributed by atoms with Crippen molar-refractivity contribution < 1.29 is 21.4 Å². The molecule has 0 saturated heterocycles. The third-order valence-electron chi connectivity index (χ3n) is 3.80. The summed E-state index contributed by atoms with van der Waals surface area (Å²) in [5.41, 5.74) is 8.22. The summed E-state index contributed by atoms with van der Waals surface area (Å²) in [5.74, 6) is -0.206. The van der Waals surface area contributed by atoms with Crippen LogP contribution in [0.2, 0.25) is 0 Å². The third kappa shape index (κ3) is 4.26. The van der Waals surface area contributed by atoms with Crippen LogP contribution < -0.4 is 5.73 Å². The molecule has 0 radical (unpaired) electrons. The monoisotopic (exact) mass is 397 g/mol. The zero-order valence-electron chi connectivity index (χ0n) is 14.5. The van der Waals surface area contributed by atoms with Crippen LogP contribution in [0.25, 0.3) is 0 Å². The fourth-order valence-corrected chi connectivity index (χ4v) is 3.81. The van der Waals surface area contributed by atoms with Crippen LogP contribution in [-0.4, -0.2) is 27.1 Å². The van der Waals surface area contributed by atoms with Gasteiger partial charge < -0.3 is 5.73 Å². The number of anilines is 1. The summed E-state index contributed by atoms with van der Waals surface area (Å²) in [6.45, 7) is 4.99. The predicted octanol–water partition coefficient (Wildman–Crippen LogP) is 3.34. The number of rotatable bonds is 5. The van der Waals surface area contributed by atoms with Crippen molar-refractivity contribution in [2.75, 3.05) is 11.5 Å². The van der Waals surface area contributed by atoms with Crippen molar-refractivity contribution in [3.63, 3.8) is 0 Å². The molecule has 0 atom stereocenters. The summed E-state index contributed by atoms with van der Waals surface area (Å²) in [6, 6.07) is 6.70. The average molecular weight is 397 g/mol. The Morgan fingerprint density at radius 3 is 2.15 bits per heavy atom. The molecule has 0 spiro atoms. The van der Waals surface area contributed by atoms with Crippen LogP contribution in [0, 0.1) is 13.8 Å². The van der Waals surface area contributed by atoms with Gasteiger partial charge in [-0.1, -0.05) is 6.92 Å². The third-order valence-corrected chi connectivity index (χ3v) is 6.41. The topological polar surface area (TPSA) is 139 Å². The van der Waals surface area contributed by atoms with Crippen LogP contribution in [0.3, 0.4) is 0 Å². The molecule has 2 rings (SSSR count). The van der Waals surface area contributed by atoms with Crippen LogP contribution in [0.5, 0.6) is 0 Å². The lowest BCUT2D eigenvalue weighted by Crippen LogP contribution is -2.06. The second-order valence-corrected chi connectivity index (χ2v) is 9.37. The van der Waals surface area contributed by atoms with E-state index in [0.717, 1.165) is 17.2 Å². The van der Waals surface area contributed by atoms with E-state index in [0.29, 0.717) is 11.4 Å². The Hall–Kier alpha value is -2.30. The Morgan fingerprint density at radius 1 is 0.962 bits per heavy atom. The lowest BCUT2D eigenvalue weighted by Gasteiger charge is -2.07. The van der Waals surface area contributed by atoms with E-state index < -0.39 is 24.9 Å². The maximum Gasteiger partial charge on any atom is 0.296 e. The predicted molar refractivity (Wildman–Crippen MR) is 98.5 cm³/mol. The van der Waals surface area contributed by atoms with Crippen molar-refractivity contribution in [3.8, 4) is 0 Å². The molecule has 0 saturated carbocycles. The lowest BCUT2D eigenvalue weighted by atomic mass is 10.1. The minimum Gasteiger partial charge on any atom is -0.399 e. The quantitative estimate of drug-likeness (QED) is 0.450. The van der Waals surface area contributed by atoms with Crippen molar-refractivity contribution in [1.82, 2.24) is 0 Å². The Bertz CT molecular complexity index is 1090. The van der Waals surface area contributed by atoms with Gasteiger partial charge in [-0.25, -0.2) is 8.42 Å². The van der Waals surface area contributed by atoms with Crippen molar-refractivity contribution in [3.05, 3.63) is 41.5 Å². The van der Waals surface area contributed by atoms with Gasteiger partial charge in [-0.2, -0.15) is 13.5 Å². The van der Waals surface area contributed by atoms with Gasteiger partial charge >= 0.3 is 0 Å². The molecule has 26 heavy (non-hydrogen) atoms. The number of sulfone groups is 1. The highest BCUT2D eigenvalue weighted by Crippen LogP contribution is 2.31. The van der Waals surface area contributed by atoms with Gasteiger partial charge in [0.05, 0.1) is 16.3 Å². The van der Waals surface area contributed by atoms with Crippen molar-refractivity contribution in [2.45, 2.75) is 30.6 Å². The van der Waals surface area contributed by atoms with Gasteiger partial charge in [0, 0.05) is 5.69 Å². The second-order valence-electron chi connectivity index (χ2n) is 5.70.